The first-order valence-corrected chi connectivity index (χ1v) is 28.7. The van der Waals surface area contributed by atoms with Gasteiger partial charge < -0.3 is 35.4 Å². The summed E-state index contributed by atoms with van der Waals surface area (Å²) in [5, 5.41) is 19.3. The fraction of sp³-hybridized carbons (Fsp3) is 0.481. The van der Waals surface area contributed by atoms with Gasteiger partial charge in [-0.05, 0) is 117 Å². The van der Waals surface area contributed by atoms with Gasteiger partial charge in [0.2, 0.25) is 23.5 Å². The number of carbonyl (C=O) groups excluding carboxylic acids is 4. The number of halogens is 1. The molecule has 3 unspecified atom stereocenters. The van der Waals surface area contributed by atoms with Crippen LogP contribution in [0.4, 0.5) is 22.0 Å². The third kappa shape index (κ3) is 12.0. The molecule has 2 aromatic carbocycles. The summed E-state index contributed by atoms with van der Waals surface area (Å²) in [5.74, 6) is 0.00116. The van der Waals surface area contributed by atoms with Gasteiger partial charge in [-0.15, -0.1) is 11.3 Å². The quantitative estimate of drug-likeness (QED) is 0.0586. The molecule has 414 valence electrons. The van der Waals surface area contributed by atoms with Crippen LogP contribution in [0.2, 0.25) is 0 Å². The van der Waals surface area contributed by atoms with E-state index < -0.39 is 32.5 Å². The molecule has 4 N–H and O–H groups in total. The Morgan fingerprint density at radius 3 is 2.29 bits per heavy atom. The summed E-state index contributed by atoms with van der Waals surface area (Å²) in [6.45, 7) is 15.6. The zero-order valence-corrected chi connectivity index (χ0v) is 46.6. The zero-order chi connectivity index (χ0) is 55.5. The molecule has 3 atom stereocenters. The maximum absolute atomic E-state index is 14.6. The van der Waals surface area contributed by atoms with Crippen LogP contribution in [-0.2, 0) is 19.4 Å². The van der Waals surface area contributed by atoms with Gasteiger partial charge in [-0.3, -0.25) is 29.2 Å². The van der Waals surface area contributed by atoms with Gasteiger partial charge in [0.1, 0.15) is 45.4 Å². The van der Waals surface area contributed by atoms with Gasteiger partial charge in [-0.25, -0.2) is 37.7 Å². The number of likely N-dealkylation sites (tertiary alicyclic amines) is 2. The molecule has 78 heavy (non-hydrogen) atoms. The minimum atomic E-state index is -3.84. The summed E-state index contributed by atoms with van der Waals surface area (Å²) in [6, 6.07) is 6.78. The number of nitrogens with one attached hydrogen (secondary N) is 4. The summed E-state index contributed by atoms with van der Waals surface area (Å²) in [7, 11) is -2.17. The number of thiazole rings is 1. The molecule has 0 radical (unpaired) electrons. The topological polar surface area (TPSA) is 254 Å². The van der Waals surface area contributed by atoms with Gasteiger partial charge >= 0.3 is 0 Å². The van der Waals surface area contributed by atoms with Crippen molar-refractivity contribution in [3.05, 3.63) is 99.4 Å². The molecule has 0 aliphatic carbocycles. The summed E-state index contributed by atoms with van der Waals surface area (Å²) in [4.78, 5) is 85.6. The lowest BCUT2D eigenvalue weighted by Crippen LogP contribution is -2.57. The van der Waals surface area contributed by atoms with Crippen molar-refractivity contribution in [2.75, 3.05) is 76.2 Å². The van der Waals surface area contributed by atoms with Crippen LogP contribution in [0.5, 0.6) is 5.75 Å². The van der Waals surface area contributed by atoms with E-state index in [-0.39, 0.29) is 58.4 Å². The monoisotopic (exact) mass is 1110 g/mol. The molecule has 0 saturated carbocycles. The fourth-order valence-corrected chi connectivity index (χ4v) is 12.2. The lowest BCUT2D eigenvalue weighted by atomic mass is 9.87. The van der Waals surface area contributed by atoms with Crippen molar-refractivity contribution in [1.82, 2.24) is 60.5 Å². The van der Waals surface area contributed by atoms with Crippen LogP contribution in [0.3, 0.4) is 0 Å². The third-order valence-corrected chi connectivity index (χ3v) is 18.5. The number of amides is 3. The molecule has 3 saturated heterocycles. The summed E-state index contributed by atoms with van der Waals surface area (Å²) < 4.78 is 46.7. The van der Waals surface area contributed by atoms with Gasteiger partial charge in [0.15, 0.2) is 15.7 Å². The number of anilines is 3. The van der Waals surface area contributed by atoms with E-state index in [2.05, 4.69) is 60.9 Å². The maximum Gasteiger partial charge on any atom is 0.256 e. The number of hydrogen-bond donors (Lipinski definition) is 4. The Morgan fingerprint density at radius 1 is 0.910 bits per heavy atom. The highest BCUT2D eigenvalue weighted by atomic mass is 32.2. The Labute approximate surface area is 457 Å². The van der Waals surface area contributed by atoms with Gasteiger partial charge in [-0.1, -0.05) is 0 Å². The molecular formula is C54H67FN14O7S2. The fourth-order valence-electron chi connectivity index (χ4n) is 9.94. The molecule has 0 bridgehead atoms. The normalized spacial score (nSPS) is 17.5. The van der Waals surface area contributed by atoms with E-state index in [1.54, 1.807) is 74.4 Å². The van der Waals surface area contributed by atoms with Crippen molar-refractivity contribution in [2.24, 2.45) is 5.92 Å². The van der Waals surface area contributed by atoms with Gasteiger partial charge in [-0.2, -0.15) is 5.10 Å². The molecule has 3 fully saturated rings. The lowest BCUT2D eigenvalue weighted by Gasteiger charge is -2.38. The van der Waals surface area contributed by atoms with E-state index >= 15 is 0 Å². The molecule has 7 heterocycles. The van der Waals surface area contributed by atoms with E-state index in [9.17, 15) is 32.0 Å². The minimum Gasteiger partial charge on any atom is -0.492 e. The second-order valence-electron chi connectivity index (χ2n) is 21.1. The molecular weight excluding hydrogens is 1040 g/mol. The van der Waals surface area contributed by atoms with Gasteiger partial charge in [0.25, 0.3) is 5.91 Å². The number of rotatable bonds is 18. The van der Waals surface area contributed by atoms with E-state index in [0.29, 0.717) is 103 Å². The van der Waals surface area contributed by atoms with E-state index in [1.807, 2.05) is 13.8 Å². The molecule has 3 aliphatic heterocycles. The number of carbonyl (C=O) groups is 4. The number of ketones is 1. The second-order valence-corrected chi connectivity index (χ2v) is 24.7. The number of aromatic amines is 1. The number of hydrogen-bond acceptors (Lipinski definition) is 18. The zero-order valence-electron chi connectivity index (χ0n) is 45.0. The number of benzene rings is 2. The van der Waals surface area contributed by atoms with Crippen LogP contribution < -0.4 is 25.6 Å². The molecule has 9 rings (SSSR count). The molecule has 3 aliphatic rings. The number of H-pyrrole nitrogens is 1. The Morgan fingerprint density at radius 2 is 1.63 bits per heavy atom. The van der Waals surface area contributed by atoms with Gasteiger partial charge in [0.05, 0.1) is 34.5 Å². The SMILES string of the molecule is CNC(C)C(=O)NC(C(=O)N1CCCC1c1nc(C(=O)c2ccc(F)cc2)cs1)C1CCN(C(=O)c2cnc(N3CCN(CCCOc4cc5ncnc(Nc6n[nH]c(C)c6C)c5cc4S(=O)(=O)C(C)(C)C)CC3)nc2)CC1. The molecule has 24 heteroatoms. The molecule has 0 spiro atoms. The number of likely N-dealkylation sites (N-methyl/N-ethyl adjacent to an activating group) is 1. The highest BCUT2D eigenvalue weighted by molar-refractivity contribution is 7.92. The molecule has 6 aromatic rings. The summed E-state index contributed by atoms with van der Waals surface area (Å²) >= 11 is 1.30. The van der Waals surface area contributed by atoms with E-state index in [4.69, 9.17) is 4.74 Å². The van der Waals surface area contributed by atoms with Crippen LogP contribution in [0.15, 0.2) is 65.4 Å². The average Bonchev–Trinajstić information content (AvgIpc) is 4.26. The Kier molecular flexibility index (Phi) is 16.8. The standard InChI is InChI=1S/C54H67FN14O7S2/c1-32-33(2)64-65-47(32)63-48-39-26-44(78(74,75)54(4,5)6)43(27-40(39)59-31-60-48)76-25-9-17-66-21-23-68(24-22-66)53-57-28-37(29-58-53)51(72)67-19-15-35(16-20-67)45(62-49(71)34(3)56-7)52(73)69-18-8-10-42(69)50-61-41(30-77-50)46(70)36-11-13-38(55)14-12-36/h11-14,26-31,34-35,42,45,56H,8-10,15-25H2,1-7H3,(H,62,71)(H2,59,60,63,64,65). The first-order valence-electron chi connectivity index (χ1n) is 26.4. The van der Waals surface area contributed by atoms with Crippen molar-refractivity contribution < 1.29 is 36.7 Å². The lowest BCUT2D eigenvalue weighted by molar-refractivity contribution is -0.139. The minimum absolute atomic E-state index is 0.0686. The van der Waals surface area contributed by atoms with Crippen molar-refractivity contribution in [3.8, 4) is 5.75 Å². The number of aryl methyl sites for hydroxylation is 1. The number of fused-ring (bicyclic) bond motifs is 1. The summed E-state index contributed by atoms with van der Waals surface area (Å²) in [5.41, 5.74) is 3.24. The number of piperidine rings is 1. The van der Waals surface area contributed by atoms with Crippen molar-refractivity contribution in [2.45, 2.75) is 101 Å². The summed E-state index contributed by atoms with van der Waals surface area (Å²) in [6.07, 6.45) is 7.50. The smallest absolute Gasteiger partial charge is 0.256 e. The number of piperazine rings is 1. The highest BCUT2D eigenvalue weighted by Gasteiger charge is 2.42. The predicted molar refractivity (Wildman–Crippen MR) is 293 cm³/mol. The average molecular weight is 1110 g/mol. The Hall–Kier alpha value is -7.02. The number of nitrogens with zero attached hydrogens (tertiary/aromatic N) is 10. The Bertz CT molecular complexity index is 3260. The molecule has 21 nitrogen and oxygen atoms in total. The van der Waals surface area contributed by atoms with Crippen molar-refractivity contribution in [1.29, 1.82) is 0 Å². The first-order chi connectivity index (χ1) is 37.3. The molecule has 4 aromatic heterocycles. The van der Waals surface area contributed by atoms with Gasteiger partial charge in [0, 0.05) is 98.4 Å². The van der Waals surface area contributed by atoms with Crippen LogP contribution in [-0.4, -0.2) is 165 Å². The second kappa shape index (κ2) is 23.5. The number of sulfone groups is 1. The van der Waals surface area contributed by atoms with Crippen LogP contribution in [0.1, 0.15) is 109 Å². The van der Waals surface area contributed by atoms with Crippen LogP contribution >= 0.6 is 11.3 Å². The van der Waals surface area contributed by atoms with Crippen LogP contribution in [0, 0.1) is 25.6 Å². The highest BCUT2D eigenvalue weighted by Crippen LogP contribution is 2.39. The Balaban J connectivity index is 0.770. The van der Waals surface area contributed by atoms with E-state index in [1.165, 1.54) is 41.9 Å². The maximum atomic E-state index is 14.6. The van der Waals surface area contributed by atoms with Crippen molar-refractivity contribution in [3.63, 3.8) is 0 Å². The third-order valence-electron chi connectivity index (χ3n) is 15.1. The largest absolute Gasteiger partial charge is 0.492 e. The van der Waals surface area contributed by atoms with Crippen molar-refractivity contribution >= 4 is 73.2 Å². The number of ether oxygens (including phenoxy) is 1. The predicted octanol–water partition coefficient (Wildman–Crippen LogP) is 5.80. The van der Waals surface area contributed by atoms with Crippen LogP contribution in [0.25, 0.3) is 10.9 Å². The first kappa shape index (κ1) is 55.7. The molecule has 3 amide bonds. The number of aromatic nitrogens is 7. The van der Waals surface area contributed by atoms with E-state index in [0.717, 1.165) is 37.3 Å².